The van der Waals surface area contributed by atoms with Crippen molar-refractivity contribution in [2.45, 2.75) is 95.9 Å². The zero-order valence-electron chi connectivity index (χ0n) is 23.4. The third-order valence-electron chi connectivity index (χ3n) is 7.62. The molecule has 9 nitrogen and oxygen atoms in total. The second-order valence-corrected chi connectivity index (χ2v) is 11.1. The van der Waals surface area contributed by atoms with Crippen LogP contribution in [0.1, 0.15) is 99.8 Å². The molecular formula is C29H38F3N5O4. The van der Waals surface area contributed by atoms with E-state index in [2.05, 4.69) is 21.0 Å². The Balaban J connectivity index is 1.48. The van der Waals surface area contributed by atoms with Crippen LogP contribution in [0, 0.1) is 5.92 Å². The summed E-state index contributed by atoms with van der Waals surface area (Å²) < 4.78 is 44.9. The smallest absolute Gasteiger partial charge is 0.389 e. The number of carbonyl (C=O) groups excluding carboxylic acids is 3. The first-order chi connectivity index (χ1) is 19.5. The zero-order chi connectivity index (χ0) is 29.6. The Bertz CT molecular complexity index is 1220. The molecule has 0 bridgehead atoms. The van der Waals surface area contributed by atoms with Gasteiger partial charge in [0.05, 0.1) is 19.1 Å². The highest BCUT2D eigenvalue weighted by atomic mass is 19.4. The molecule has 1 aromatic carbocycles. The van der Waals surface area contributed by atoms with Gasteiger partial charge in [-0.1, -0.05) is 31.7 Å². The molecule has 1 saturated carbocycles. The van der Waals surface area contributed by atoms with Crippen molar-refractivity contribution in [2.75, 3.05) is 11.9 Å². The highest BCUT2D eigenvalue weighted by molar-refractivity contribution is 6.00. The van der Waals surface area contributed by atoms with Crippen molar-refractivity contribution in [3.05, 3.63) is 41.7 Å². The average Bonchev–Trinajstić information content (AvgIpc) is 3.27. The number of rotatable bonds is 9. The number of halogens is 3. The summed E-state index contributed by atoms with van der Waals surface area (Å²) in [5.74, 6) is -0.974. The van der Waals surface area contributed by atoms with E-state index in [-0.39, 0.29) is 30.4 Å². The molecule has 0 saturated heterocycles. The summed E-state index contributed by atoms with van der Waals surface area (Å²) in [6.45, 7) is 4.12. The fourth-order valence-corrected chi connectivity index (χ4v) is 5.52. The van der Waals surface area contributed by atoms with Gasteiger partial charge in [-0.05, 0) is 44.7 Å². The van der Waals surface area contributed by atoms with Gasteiger partial charge in [0.2, 0.25) is 11.8 Å². The molecule has 2 aromatic rings. The molecule has 0 unspecified atom stereocenters. The van der Waals surface area contributed by atoms with Crippen LogP contribution in [0.15, 0.2) is 30.5 Å². The fourth-order valence-electron chi connectivity index (χ4n) is 5.52. The van der Waals surface area contributed by atoms with E-state index >= 15 is 0 Å². The maximum absolute atomic E-state index is 13.6. The van der Waals surface area contributed by atoms with Crippen molar-refractivity contribution in [1.29, 1.82) is 0 Å². The van der Waals surface area contributed by atoms with Crippen molar-refractivity contribution in [2.24, 2.45) is 5.92 Å². The number of nitrogens with zero attached hydrogens (tertiary/aromatic N) is 2. The molecule has 41 heavy (non-hydrogen) atoms. The minimum atomic E-state index is -4.40. The molecule has 0 radical (unpaired) electrons. The summed E-state index contributed by atoms with van der Waals surface area (Å²) in [6.07, 6.45) is 1.55. The number of nitrogens with one attached hydrogen (secondary N) is 3. The van der Waals surface area contributed by atoms with Gasteiger partial charge in [0.1, 0.15) is 17.5 Å². The van der Waals surface area contributed by atoms with Gasteiger partial charge < -0.3 is 20.7 Å². The third-order valence-corrected chi connectivity index (χ3v) is 7.62. The van der Waals surface area contributed by atoms with E-state index in [1.54, 1.807) is 35.1 Å². The molecule has 2 atom stereocenters. The lowest BCUT2D eigenvalue weighted by atomic mass is 9.90. The number of alkyl halides is 3. The molecule has 224 valence electrons. The Morgan fingerprint density at radius 2 is 1.80 bits per heavy atom. The van der Waals surface area contributed by atoms with E-state index in [4.69, 9.17) is 4.74 Å². The van der Waals surface area contributed by atoms with E-state index in [9.17, 15) is 27.6 Å². The van der Waals surface area contributed by atoms with Crippen LogP contribution in [0.3, 0.4) is 0 Å². The van der Waals surface area contributed by atoms with E-state index < -0.39 is 37.0 Å². The minimum absolute atomic E-state index is 0.0235. The number of fused-ring (bicyclic) bond motifs is 1. The number of benzene rings is 1. The van der Waals surface area contributed by atoms with Crippen LogP contribution in [0.4, 0.5) is 18.9 Å². The Labute approximate surface area is 237 Å². The van der Waals surface area contributed by atoms with Gasteiger partial charge in [-0.3, -0.25) is 19.1 Å². The molecule has 3 N–H and O–H groups in total. The van der Waals surface area contributed by atoms with Gasteiger partial charge in [-0.25, -0.2) is 0 Å². The minimum Gasteiger partial charge on any atom is -0.493 e. The van der Waals surface area contributed by atoms with Crippen molar-refractivity contribution in [1.82, 2.24) is 20.4 Å². The fraction of sp³-hybridized carbons (Fsp3) is 0.586. The van der Waals surface area contributed by atoms with Gasteiger partial charge in [0, 0.05) is 42.4 Å². The van der Waals surface area contributed by atoms with Crippen molar-refractivity contribution in [3.63, 3.8) is 0 Å². The van der Waals surface area contributed by atoms with Crippen LogP contribution < -0.4 is 20.7 Å². The number of anilines is 1. The van der Waals surface area contributed by atoms with Crippen LogP contribution >= 0.6 is 0 Å². The maximum Gasteiger partial charge on any atom is 0.389 e. The molecule has 1 aromatic heterocycles. The Hall–Kier alpha value is -3.57. The lowest BCUT2D eigenvalue weighted by Crippen LogP contribution is -2.49. The summed E-state index contributed by atoms with van der Waals surface area (Å²) in [5.41, 5.74) is 1.47. The second kappa shape index (κ2) is 13.4. The van der Waals surface area contributed by atoms with E-state index in [0.717, 1.165) is 38.5 Å². The largest absolute Gasteiger partial charge is 0.493 e. The predicted octanol–water partition coefficient (Wildman–Crippen LogP) is 5.45. The summed E-state index contributed by atoms with van der Waals surface area (Å²) >= 11 is 0. The third kappa shape index (κ3) is 8.23. The first-order valence-corrected chi connectivity index (χ1v) is 14.3. The molecule has 4 rings (SSSR count). The summed E-state index contributed by atoms with van der Waals surface area (Å²) in [5, 5.41) is 12.8. The quantitative estimate of drug-likeness (QED) is 0.343. The zero-order valence-corrected chi connectivity index (χ0v) is 23.4. The highest BCUT2D eigenvalue weighted by Gasteiger charge is 2.33. The maximum atomic E-state index is 13.6. The van der Waals surface area contributed by atoms with Crippen molar-refractivity contribution >= 4 is 23.4 Å². The SMILES string of the molecule is CC(C)n1nccc1C(=O)N[C@H](C(=O)Nc1ccc2c(c1)OCC[C@H]2NC(=O)CCC(F)(F)F)C1CCCCCC1. The summed E-state index contributed by atoms with van der Waals surface area (Å²) in [4.78, 5) is 39.0. The highest BCUT2D eigenvalue weighted by Crippen LogP contribution is 2.35. The van der Waals surface area contributed by atoms with Crippen LogP contribution in [0.2, 0.25) is 0 Å². The number of hydrogen-bond acceptors (Lipinski definition) is 5. The number of carbonyl (C=O) groups is 3. The van der Waals surface area contributed by atoms with Crippen LogP contribution in [0.25, 0.3) is 0 Å². The molecule has 1 aliphatic heterocycles. The Morgan fingerprint density at radius 1 is 1.07 bits per heavy atom. The lowest BCUT2D eigenvalue weighted by molar-refractivity contribution is -0.144. The van der Waals surface area contributed by atoms with Crippen molar-refractivity contribution < 1.29 is 32.3 Å². The molecule has 2 heterocycles. The summed E-state index contributed by atoms with van der Waals surface area (Å²) in [7, 11) is 0. The average molecular weight is 578 g/mol. The first kappa shape index (κ1) is 30.4. The number of hydrogen-bond donors (Lipinski definition) is 3. The Kier molecular flexibility index (Phi) is 9.93. The van der Waals surface area contributed by atoms with Gasteiger partial charge in [-0.2, -0.15) is 18.3 Å². The van der Waals surface area contributed by atoms with Crippen LogP contribution in [-0.2, 0) is 9.59 Å². The van der Waals surface area contributed by atoms with Gasteiger partial charge in [0.25, 0.3) is 5.91 Å². The predicted molar refractivity (Wildman–Crippen MR) is 146 cm³/mol. The molecule has 1 aliphatic carbocycles. The molecule has 0 spiro atoms. The van der Waals surface area contributed by atoms with Crippen LogP contribution in [-0.4, -0.2) is 46.3 Å². The molecule has 12 heteroatoms. The Morgan fingerprint density at radius 3 is 2.49 bits per heavy atom. The number of amides is 3. The van der Waals surface area contributed by atoms with E-state index in [0.29, 0.717) is 29.1 Å². The van der Waals surface area contributed by atoms with Gasteiger partial charge >= 0.3 is 6.18 Å². The molecular weight excluding hydrogens is 539 g/mol. The van der Waals surface area contributed by atoms with E-state index in [1.807, 2.05) is 13.8 Å². The molecule has 2 aliphatic rings. The normalized spacial score (nSPS) is 18.5. The van der Waals surface area contributed by atoms with Gasteiger partial charge in [0.15, 0.2) is 0 Å². The number of aromatic nitrogens is 2. The monoisotopic (exact) mass is 577 g/mol. The lowest BCUT2D eigenvalue weighted by Gasteiger charge is -2.28. The van der Waals surface area contributed by atoms with Gasteiger partial charge in [-0.15, -0.1) is 0 Å². The second-order valence-electron chi connectivity index (χ2n) is 11.1. The standard InChI is InChI=1S/C29H38F3N5O4/c1-18(2)37-23(12-15-33-37)27(39)36-26(19-7-5-3-4-6-8-19)28(40)34-20-9-10-21-22(13-16-41-24(21)17-20)35-25(38)11-14-29(30,31)32/h9-10,12,15,17-19,22,26H,3-8,11,13-14,16H2,1-2H3,(H,34,40)(H,35,38)(H,36,39)/t22-,26+/m1/s1. The van der Waals surface area contributed by atoms with Crippen LogP contribution in [0.5, 0.6) is 5.75 Å². The number of ether oxygens (including phenoxy) is 1. The van der Waals surface area contributed by atoms with E-state index in [1.165, 1.54) is 0 Å². The molecule has 3 amide bonds. The molecule has 1 fully saturated rings. The van der Waals surface area contributed by atoms with Crippen molar-refractivity contribution in [3.8, 4) is 5.75 Å². The summed E-state index contributed by atoms with van der Waals surface area (Å²) in [6, 6.07) is 5.36. The topological polar surface area (TPSA) is 114 Å². The first-order valence-electron chi connectivity index (χ1n) is 14.3.